The lowest BCUT2D eigenvalue weighted by atomic mass is 10.0. The van der Waals surface area contributed by atoms with E-state index in [0.29, 0.717) is 18.3 Å². The fraction of sp³-hybridized carbons (Fsp3) is 0.571. The summed E-state index contributed by atoms with van der Waals surface area (Å²) in [5.41, 5.74) is 6.14. The van der Waals surface area contributed by atoms with Crippen molar-refractivity contribution >= 4 is 0 Å². The zero-order valence-electron chi connectivity index (χ0n) is 10.8. The van der Waals surface area contributed by atoms with Crippen LogP contribution in [0.25, 0.3) is 0 Å². The van der Waals surface area contributed by atoms with Crippen molar-refractivity contribution in [2.75, 3.05) is 26.2 Å². The van der Waals surface area contributed by atoms with Crippen LogP contribution in [0.4, 0.5) is 4.39 Å². The van der Waals surface area contributed by atoms with Gasteiger partial charge in [-0.2, -0.15) is 0 Å². The molecule has 1 aliphatic heterocycles. The fourth-order valence-electron chi connectivity index (χ4n) is 2.38. The second-order valence-corrected chi connectivity index (χ2v) is 4.87. The third kappa shape index (κ3) is 3.43. The summed E-state index contributed by atoms with van der Waals surface area (Å²) in [6.45, 7) is 5.86. The maximum absolute atomic E-state index is 13.0. The first kappa shape index (κ1) is 13.3. The molecule has 0 radical (unpaired) electrons. The van der Waals surface area contributed by atoms with Gasteiger partial charge in [0.1, 0.15) is 18.2 Å². The van der Waals surface area contributed by atoms with Crippen LogP contribution in [0.1, 0.15) is 13.3 Å². The molecule has 3 nitrogen and oxygen atoms in total. The van der Waals surface area contributed by atoms with Crippen LogP contribution in [0.15, 0.2) is 24.3 Å². The van der Waals surface area contributed by atoms with E-state index in [1.807, 2.05) is 0 Å². The topological polar surface area (TPSA) is 38.5 Å². The van der Waals surface area contributed by atoms with Crippen molar-refractivity contribution in [2.24, 2.45) is 11.7 Å². The number of ether oxygens (including phenoxy) is 1. The summed E-state index contributed by atoms with van der Waals surface area (Å²) in [7, 11) is 0. The molecule has 100 valence electrons. The van der Waals surface area contributed by atoms with Crippen molar-refractivity contribution in [3.63, 3.8) is 0 Å². The lowest BCUT2D eigenvalue weighted by Crippen LogP contribution is -2.37. The molecule has 2 N–H and O–H groups in total. The highest BCUT2D eigenvalue weighted by molar-refractivity contribution is 5.22. The molecule has 2 unspecified atom stereocenters. The lowest BCUT2D eigenvalue weighted by molar-refractivity contribution is 0.240. The summed E-state index contributed by atoms with van der Waals surface area (Å²) in [4.78, 5) is 2.40. The average Bonchev–Trinajstić information content (AvgIpc) is 2.85. The van der Waals surface area contributed by atoms with E-state index in [-0.39, 0.29) is 11.9 Å². The number of nitrogens with two attached hydrogens (primary N) is 1. The molecule has 1 fully saturated rings. The summed E-state index contributed by atoms with van der Waals surface area (Å²) < 4.78 is 18.5. The summed E-state index contributed by atoms with van der Waals surface area (Å²) >= 11 is 0. The Bertz CT molecular complexity index is 386. The third-order valence-corrected chi connectivity index (χ3v) is 3.60. The number of hydrogen-bond donors (Lipinski definition) is 1. The molecule has 1 aliphatic rings. The second-order valence-electron chi connectivity index (χ2n) is 4.87. The number of benzene rings is 1. The molecule has 1 heterocycles. The number of rotatable bonds is 5. The highest BCUT2D eigenvalue weighted by Gasteiger charge is 2.26. The molecular weight excluding hydrogens is 231 g/mol. The van der Waals surface area contributed by atoms with E-state index in [1.54, 1.807) is 12.1 Å². The van der Waals surface area contributed by atoms with Crippen molar-refractivity contribution in [3.05, 3.63) is 30.1 Å². The number of halogens is 1. The monoisotopic (exact) mass is 252 g/mol. The van der Waals surface area contributed by atoms with Crippen LogP contribution in [0.3, 0.4) is 0 Å². The molecule has 0 aromatic heterocycles. The summed E-state index contributed by atoms with van der Waals surface area (Å²) in [6, 6.07) is 6.21. The van der Waals surface area contributed by atoms with Crippen LogP contribution in [-0.4, -0.2) is 37.2 Å². The predicted molar refractivity (Wildman–Crippen MR) is 70.1 cm³/mol. The van der Waals surface area contributed by atoms with Gasteiger partial charge in [0.25, 0.3) is 0 Å². The van der Waals surface area contributed by atoms with Gasteiger partial charge in [-0.3, -0.25) is 0 Å². The zero-order valence-corrected chi connectivity index (χ0v) is 10.8. The first-order chi connectivity index (χ1) is 8.69. The zero-order chi connectivity index (χ0) is 13.0. The maximum Gasteiger partial charge on any atom is 0.126 e. The van der Waals surface area contributed by atoms with E-state index in [2.05, 4.69) is 11.8 Å². The van der Waals surface area contributed by atoms with Gasteiger partial charge in [0.2, 0.25) is 0 Å². The fourth-order valence-corrected chi connectivity index (χ4v) is 2.38. The molecule has 2 rings (SSSR count). The first-order valence-electron chi connectivity index (χ1n) is 6.55. The van der Waals surface area contributed by atoms with Gasteiger partial charge in [-0.25, -0.2) is 4.39 Å². The molecule has 0 saturated carbocycles. The molecule has 4 heteroatoms. The van der Waals surface area contributed by atoms with Crippen molar-refractivity contribution in [1.29, 1.82) is 0 Å². The lowest BCUT2D eigenvalue weighted by Gasteiger charge is -2.20. The van der Waals surface area contributed by atoms with Crippen LogP contribution in [0.5, 0.6) is 5.75 Å². The Kier molecular flexibility index (Phi) is 4.55. The Hall–Kier alpha value is -1.13. The van der Waals surface area contributed by atoms with Gasteiger partial charge in [-0.1, -0.05) is 13.0 Å². The smallest absolute Gasteiger partial charge is 0.126 e. The molecule has 1 aromatic rings. The van der Waals surface area contributed by atoms with E-state index in [9.17, 15) is 4.39 Å². The molecule has 0 aliphatic carbocycles. The van der Waals surface area contributed by atoms with Crippen LogP contribution in [0.2, 0.25) is 0 Å². The Morgan fingerprint density at radius 1 is 1.56 bits per heavy atom. The summed E-state index contributed by atoms with van der Waals surface area (Å²) in [5.74, 6) is 0.758. The molecule has 1 aromatic carbocycles. The van der Waals surface area contributed by atoms with Crippen molar-refractivity contribution in [3.8, 4) is 5.75 Å². The minimum absolute atomic E-state index is 0.0183. The van der Waals surface area contributed by atoms with E-state index < -0.39 is 0 Å². The SMILES string of the molecule is CCN1CCC(C(N)COc2cccc(F)c2)C1. The molecule has 0 amide bonds. The molecule has 0 spiro atoms. The standard InChI is InChI=1S/C14H21FN2O/c1-2-17-7-6-11(9-17)14(16)10-18-13-5-3-4-12(15)8-13/h3-5,8,11,14H,2,6-7,9-10,16H2,1H3. The van der Waals surface area contributed by atoms with Crippen LogP contribution in [-0.2, 0) is 0 Å². The summed E-state index contributed by atoms with van der Waals surface area (Å²) in [6.07, 6.45) is 1.13. The first-order valence-corrected chi connectivity index (χ1v) is 6.55. The highest BCUT2D eigenvalue weighted by atomic mass is 19.1. The average molecular weight is 252 g/mol. The molecule has 0 bridgehead atoms. The van der Waals surface area contributed by atoms with E-state index in [4.69, 9.17) is 10.5 Å². The highest BCUT2D eigenvalue weighted by Crippen LogP contribution is 2.19. The van der Waals surface area contributed by atoms with Crippen LogP contribution < -0.4 is 10.5 Å². The summed E-state index contributed by atoms with van der Waals surface area (Å²) in [5, 5.41) is 0. The van der Waals surface area contributed by atoms with Crippen molar-refractivity contribution in [2.45, 2.75) is 19.4 Å². The minimum atomic E-state index is -0.279. The van der Waals surface area contributed by atoms with Gasteiger partial charge in [0.05, 0.1) is 0 Å². The van der Waals surface area contributed by atoms with Crippen LogP contribution in [0, 0.1) is 11.7 Å². The quantitative estimate of drug-likeness (QED) is 0.869. The molecule has 1 saturated heterocycles. The van der Waals surface area contributed by atoms with Gasteiger partial charge in [0.15, 0.2) is 0 Å². The normalized spacial score (nSPS) is 22.1. The van der Waals surface area contributed by atoms with Gasteiger partial charge in [-0.15, -0.1) is 0 Å². The Balaban J connectivity index is 1.80. The molecule has 18 heavy (non-hydrogen) atoms. The molecular formula is C14H21FN2O. The maximum atomic E-state index is 13.0. The van der Waals surface area contributed by atoms with E-state index in [0.717, 1.165) is 26.1 Å². The Morgan fingerprint density at radius 2 is 2.39 bits per heavy atom. The van der Waals surface area contributed by atoms with Crippen molar-refractivity contribution in [1.82, 2.24) is 4.90 Å². The van der Waals surface area contributed by atoms with Crippen molar-refractivity contribution < 1.29 is 9.13 Å². The van der Waals surface area contributed by atoms with Gasteiger partial charge < -0.3 is 15.4 Å². The van der Waals surface area contributed by atoms with Crippen LogP contribution >= 0.6 is 0 Å². The number of likely N-dealkylation sites (tertiary alicyclic amines) is 1. The van der Waals surface area contributed by atoms with Gasteiger partial charge >= 0.3 is 0 Å². The van der Waals surface area contributed by atoms with Gasteiger partial charge in [0, 0.05) is 18.7 Å². The number of hydrogen-bond acceptors (Lipinski definition) is 3. The van der Waals surface area contributed by atoms with E-state index in [1.165, 1.54) is 12.1 Å². The predicted octanol–water partition coefficient (Wildman–Crippen LogP) is 1.87. The Labute approximate surface area is 108 Å². The third-order valence-electron chi connectivity index (χ3n) is 3.60. The van der Waals surface area contributed by atoms with Gasteiger partial charge in [-0.05, 0) is 37.6 Å². The minimum Gasteiger partial charge on any atom is -0.492 e. The second kappa shape index (κ2) is 6.16. The largest absolute Gasteiger partial charge is 0.492 e. The molecule has 2 atom stereocenters. The number of nitrogens with zero attached hydrogens (tertiary/aromatic N) is 1. The van der Waals surface area contributed by atoms with E-state index >= 15 is 0 Å². The Morgan fingerprint density at radius 3 is 3.06 bits per heavy atom.